The van der Waals surface area contributed by atoms with Crippen molar-refractivity contribution in [2.75, 3.05) is 24.8 Å². The van der Waals surface area contributed by atoms with Crippen LogP contribution in [0.15, 0.2) is 29.2 Å². The summed E-state index contributed by atoms with van der Waals surface area (Å²) in [7, 11) is -3.21. The fourth-order valence-electron chi connectivity index (χ4n) is 1.98. The number of hydrogen-bond donors (Lipinski definition) is 1. The van der Waals surface area contributed by atoms with E-state index in [1.54, 1.807) is 18.2 Å². The normalized spacial score (nSPS) is 24.8. The Kier molecular flexibility index (Phi) is 3.14. The summed E-state index contributed by atoms with van der Waals surface area (Å²) in [5, 5.41) is 3.29. The van der Waals surface area contributed by atoms with E-state index in [4.69, 9.17) is 4.74 Å². The smallest absolute Gasteiger partial charge is 0.177 e. The van der Waals surface area contributed by atoms with E-state index in [0.717, 1.165) is 6.42 Å². The molecule has 0 bridgehead atoms. The van der Waals surface area contributed by atoms with E-state index in [-0.39, 0.29) is 5.54 Å². The van der Waals surface area contributed by atoms with Gasteiger partial charge in [0.25, 0.3) is 0 Å². The van der Waals surface area contributed by atoms with Gasteiger partial charge in [-0.3, -0.25) is 0 Å². The largest absolute Gasteiger partial charge is 0.379 e. The average Bonchev–Trinajstić information content (AvgIpc) is 2.64. The predicted molar refractivity (Wildman–Crippen MR) is 67.0 cm³/mol. The van der Waals surface area contributed by atoms with Gasteiger partial charge in [0, 0.05) is 12.9 Å². The highest BCUT2D eigenvalue weighted by Crippen LogP contribution is 2.28. The van der Waals surface area contributed by atoms with Gasteiger partial charge in [-0.2, -0.15) is 0 Å². The van der Waals surface area contributed by atoms with Gasteiger partial charge in [0.15, 0.2) is 9.84 Å². The SMILES string of the molecule is CC1(Nc2ccccc2S(C)(=O)=O)CCOC1. The molecule has 1 heterocycles. The second kappa shape index (κ2) is 4.31. The third-order valence-electron chi connectivity index (χ3n) is 2.94. The molecule has 1 saturated heterocycles. The fourth-order valence-corrected chi connectivity index (χ4v) is 2.83. The van der Waals surface area contributed by atoms with Crippen molar-refractivity contribution in [2.45, 2.75) is 23.8 Å². The maximum atomic E-state index is 11.7. The van der Waals surface area contributed by atoms with Gasteiger partial charge < -0.3 is 10.1 Å². The van der Waals surface area contributed by atoms with Gasteiger partial charge in [-0.25, -0.2) is 8.42 Å². The van der Waals surface area contributed by atoms with Crippen LogP contribution in [0.4, 0.5) is 5.69 Å². The van der Waals surface area contributed by atoms with Crippen LogP contribution in [0.5, 0.6) is 0 Å². The summed E-state index contributed by atoms with van der Waals surface area (Å²) in [6, 6.07) is 6.97. The van der Waals surface area contributed by atoms with E-state index < -0.39 is 9.84 Å². The highest BCUT2D eigenvalue weighted by Gasteiger charge is 2.30. The number of benzene rings is 1. The molecule has 1 fully saturated rings. The zero-order valence-electron chi connectivity index (χ0n) is 10.1. The van der Waals surface area contributed by atoms with Crippen LogP contribution < -0.4 is 5.32 Å². The Morgan fingerprint density at radius 1 is 1.35 bits per heavy atom. The van der Waals surface area contributed by atoms with Crippen molar-refractivity contribution in [3.05, 3.63) is 24.3 Å². The fraction of sp³-hybridized carbons (Fsp3) is 0.500. The second-order valence-electron chi connectivity index (χ2n) is 4.76. The molecular formula is C12H17NO3S. The molecule has 1 aliphatic rings. The lowest BCUT2D eigenvalue weighted by atomic mass is 10.0. The number of nitrogens with one attached hydrogen (secondary N) is 1. The lowest BCUT2D eigenvalue weighted by Crippen LogP contribution is -2.35. The van der Waals surface area contributed by atoms with Gasteiger partial charge in [0.2, 0.25) is 0 Å². The summed E-state index contributed by atoms with van der Waals surface area (Å²) in [5.41, 5.74) is 0.476. The quantitative estimate of drug-likeness (QED) is 0.893. The minimum absolute atomic E-state index is 0.180. The molecule has 4 nitrogen and oxygen atoms in total. The van der Waals surface area contributed by atoms with Gasteiger partial charge in [0.05, 0.1) is 22.7 Å². The molecule has 1 atom stereocenters. The first-order chi connectivity index (χ1) is 7.91. The minimum Gasteiger partial charge on any atom is -0.379 e. The topological polar surface area (TPSA) is 55.4 Å². The number of hydrogen-bond acceptors (Lipinski definition) is 4. The molecule has 1 aromatic rings. The molecule has 0 spiro atoms. The number of anilines is 1. The zero-order valence-corrected chi connectivity index (χ0v) is 10.9. The molecule has 1 aliphatic heterocycles. The van der Waals surface area contributed by atoms with Crippen molar-refractivity contribution < 1.29 is 13.2 Å². The van der Waals surface area contributed by atoms with E-state index in [0.29, 0.717) is 23.8 Å². The number of ether oxygens (including phenoxy) is 1. The average molecular weight is 255 g/mol. The Morgan fingerprint density at radius 2 is 2.06 bits per heavy atom. The number of sulfone groups is 1. The van der Waals surface area contributed by atoms with Gasteiger partial charge in [0.1, 0.15) is 0 Å². The van der Waals surface area contributed by atoms with Crippen LogP contribution in [0.1, 0.15) is 13.3 Å². The first-order valence-corrected chi connectivity index (χ1v) is 7.45. The lowest BCUT2D eigenvalue weighted by molar-refractivity contribution is 0.185. The molecule has 2 rings (SSSR count). The Labute approximate surface area is 102 Å². The first kappa shape index (κ1) is 12.4. The van der Waals surface area contributed by atoms with Crippen molar-refractivity contribution in [1.82, 2.24) is 0 Å². The molecule has 0 amide bonds. The summed E-state index contributed by atoms with van der Waals surface area (Å²) in [5.74, 6) is 0. The van der Waals surface area contributed by atoms with Crippen molar-refractivity contribution in [3.8, 4) is 0 Å². The molecule has 17 heavy (non-hydrogen) atoms. The Hall–Kier alpha value is -1.07. The third kappa shape index (κ3) is 2.79. The maximum absolute atomic E-state index is 11.7. The van der Waals surface area contributed by atoms with Gasteiger partial charge in [-0.15, -0.1) is 0 Å². The zero-order chi connectivity index (χ0) is 12.5. The van der Waals surface area contributed by atoms with Crippen LogP contribution in [0.3, 0.4) is 0 Å². The predicted octanol–water partition coefficient (Wildman–Crippen LogP) is 1.68. The molecule has 0 radical (unpaired) electrons. The Bertz CT molecular complexity index is 504. The van der Waals surface area contributed by atoms with E-state index in [1.165, 1.54) is 6.26 Å². The molecule has 94 valence electrons. The molecular weight excluding hydrogens is 238 g/mol. The first-order valence-electron chi connectivity index (χ1n) is 5.56. The number of para-hydroxylation sites is 1. The van der Waals surface area contributed by atoms with E-state index in [2.05, 4.69) is 5.32 Å². The summed E-state index contributed by atoms with van der Waals surface area (Å²) in [4.78, 5) is 0.341. The summed E-state index contributed by atoms with van der Waals surface area (Å²) < 4.78 is 28.7. The van der Waals surface area contributed by atoms with Crippen molar-refractivity contribution >= 4 is 15.5 Å². The lowest BCUT2D eigenvalue weighted by Gasteiger charge is -2.26. The summed E-state index contributed by atoms with van der Waals surface area (Å²) in [6.07, 6.45) is 2.10. The van der Waals surface area contributed by atoms with Crippen molar-refractivity contribution in [1.29, 1.82) is 0 Å². The van der Waals surface area contributed by atoms with E-state index in [9.17, 15) is 8.42 Å². The van der Waals surface area contributed by atoms with Gasteiger partial charge >= 0.3 is 0 Å². The van der Waals surface area contributed by atoms with Gasteiger partial charge in [-0.1, -0.05) is 12.1 Å². The standard InChI is InChI=1S/C12H17NO3S/c1-12(7-8-16-9-12)13-10-5-3-4-6-11(10)17(2,14)15/h3-6,13H,7-9H2,1-2H3. The van der Waals surface area contributed by atoms with Crippen LogP contribution in [0.2, 0.25) is 0 Å². The van der Waals surface area contributed by atoms with Crippen LogP contribution >= 0.6 is 0 Å². The van der Waals surface area contributed by atoms with Crippen LogP contribution in [0, 0.1) is 0 Å². The van der Waals surface area contributed by atoms with Crippen LogP contribution in [-0.4, -0.2) is 33.4 Å². The van der Waals surface area contributed by atoms with Crippen molar-refractivity contribution in [3.63, 3.8) is 0 Å². The van der Waals surface area contributed by atoms with Crippen LogP contribution in [0.25, 0.3) is 0 Å². The highest BCUT2D eigenvalue weighted by atomic mass is 32.2. The monoisotopic (exact) mass is 255 g/mol. The second-order valence-corrected chi connectivity index (χ2v) is 6.74. The summed E-state index contributed by atoms with van der Waals surface area (Å²) >= 11 is 0. The molecule has 1 N–H and O–H groups in total. The molecule has 0 aromatic heterocycles. The molecule has 0 aliphatic carbocycles. The summed E-state index contributed by atoms with van der Waals surface area (Å²) in [6.45, 7) is 3.36. The Balaban J connectivity index is 2.33. The maximum Gasteiger partial charge on any atom is 0.177 e. The highest BCUT2D eigenvalue weighted by molar-refractivity contribution is 7.90. The van der Waals surface area contributed by atoms with Crippen LogP contribution in [-0.2, 0) is 14.6 Å². The third-order valence-corrected chi connectivity index (χ3v) is 4.10. The molecule has 1 unspecified atom stereocenters. The Morgan fingerprint density at radius 3 is 2.65 bits per heavy atom. The molecule has 1 aromatic carbocycles. The minimum atomic E-state index is -3.21. The van der Waals surface area contributed by atoms with E-state index in [1.807, 2.05) is 13.0 Å². The number of rotatable bonds is 3. The van der Waals surface area contributed by atoms with E-state index >= 15 is 0 Å². The van der Waals surface area contributed by atoms with Gasteiger partial charge in [-0.05, 0) is 25.5 Å². The molecule has 0 saturated carbocycles. The molecule has 5 heteroatoms. The van der Waals surface area contributed by atoms with Crippen molar-refractivity contribution in [2.24, 2.45) is 0 Å².